The van der Waals surface area contributed by atoms with Gasteiger partial charge in [0, 0.05) is 0 Å². The molecule has 0 amide bonds. The first-order valence-electron chi connectivity index (χ1n) is 4.73. The molecule has 0 fully saturated rings. The molecule has 0 bridgehead atoms. The summed E-state index contributed by atoms with van der Waals surface area (Å²) in [6, 6.07) is 22.2. The van der Waals surface area contributed by atoms with Crippen LogP contribution >= 0.6 is 0 Å². The Kier molecular flexibility index (Phi) is 1.54. The molecule has 0 saturated heterocycles. The molecule has 0 heteroatoms. The van der Waals surface area contributed by atoms with Crippen LogP contribution in [-0.2, 0) is 0 Å². The number of benzene rings is 3. The van der Waals surface area contributed by atoms with Crippen LogP contribution in [0.2, 0.25) is 0 Å². The Morgan fingerprint density at radius 2 is 1.43 bits per heavy atom. The van der Waals surface area contributed by atoms with Crippen LogP contribution in [0, 0.1) is 6.07 Å². The van der Waals surface area contributed by atoms with E-state index in [9.17, 15) is 0 Å². The van der Waals surface area contributed by atoms with Crippen molar-refractivity contribution in [1.82, 2.24) is 0 Å². The molecule has 0 heterocycles. The normalized spacial score (nSPS) is 10.9. The third-order valence-corrected chi connectivity index (χ3v) is 2.53. The van der Waals surface area contributed by atoms with E-state index in [1.807, 2.05) is 12.1 Å². The molecule has 0 spiro atoms. The number of rotatable bonds is 0. The molecule has 0 unspecified atom stereocenters. The number of hydrogen-bond donors (Lipinski definition) is 0. The van der Waals surface area contributed by atoms with Crippen molar-refractivity contribution in [3.8, 4) is 0 Å². The smallest absolute Gasteiger partial charge is 0.0363 e. The van der Waals surface area contributed by atoms with Crippen molar-refractivity contribution >= 4 is 21.5 Å². The summed E-state index contributed by atoms with van der Waals surface area (Å²) in [7, 11) is 0. The molecule has 0 aliphatic carbocycles. The minimum absolute atomic E-state index is 1.19. The Labute approximate surface area is 82.8 Å². The Bertz CT molecular complexity index is 489. The van der Waals surface area contributed by atoms with Crippen LogP contribution in [0.1, 0.15) is 0 Å². The SMILES string of the molecule is [c-]1cccc2cc3ccccc3cc12. The predicted octanol–water partition coefficient (Wildman–Crippen LogP) is 3.79. The first-order chi connectivity index (χ1) is 6.93. The average Bonchev–Trinajstić information content (AvgIpc) is 2.26. The summed E-state index contributed by atoms with van der Waals surface area (Å²) in [4.78, 5) is 0. The molecule has 0 aromatic heterocycles. The molecular weight excluding hydrogens is 168 g/mol. The summed E-state index contributed by atoms with van der Waals surface area (Å²) in [6.07, 6.45) is 0. The maximum absolute atomic E-state index is 3.24. The van der Waals surface area contributed by atoms with E-state index in [1.54, 1.807) is 0 Å². The van der Waals surface area contributed by atoms with E-state index < -0.39 is 0 Å². The third-order valence-electron chi connectivity index (χ3n) is 2.53. The summed E-state index contributed by atoms with van der Waals surface area (Å²) >= 11 is 0. The van der Waals surface area contributed by atoms with E-state index in [0.717, 1.165) is 0 Å². The summed E-state index contributed by atoms with van der Waals surface area (Å²) in [5, 5.41) is 5.01. The van der Waals surface area contributed by atoms with Crippen LogP contribution in [0.25, 0.3) is 21.5 Å². The topological polar surface area (TPSA) is 0 Å². The van der Waals surface area contributed by atoms with Crippen molar-refractivity contribution in [2.75, 3.05) is 0 Å². The monoisotopic (exact) mass is 177 g/mol. The van der Waals surface area contributed by atoms with Gasteiger partial charge in [0.05, 0.1) is 0 Å². The van der Waals surface area contributed by atoms with E-state index in [-0.39, 0.29) is 0 Å². The lowest BCUT2D eigenvalue weighted by Gasteiger charge is -2.07. The molecule has 0 nitrogen and oxygen atoms in total. The van der Waals surface area contributed by atoms with E-state index >= 15 is 0 Å². The van der Waals surface area contributed by atoms with Gasteiger partial charge in [0.25, 0.3) is 0 Å². The highest BCUT2D eigenvalue weighted by Gasteiger charge is 1.89. The largest absolute Gasteiger partial charge is 0.147 e. The summed E-state index contributed by atoms with van der Waals surface area (Å²) in [6.45, 7) is 0. The maximum atomic E-state index is 3.24. The van der Waals surface area contributed by atoms with Gasteiger partial charge in [-0.2, -0.15) is 0 Å². The van der Waals surface area contributed by atoms with Gasteiger partial charge in [0.2, 0.25) is 0 Å². The van der Waals surface area contributed by atoms with Gasteiger partial charge < -0.3 is 0 Å². The fraction of sp³-hybridized carbons (Fsp3) is 0. The summed E-state index contributed by atoms with van der Waals surface area (Å²) in [5.74, 6) is 0. The van der Waals surface area contributed by atoms with Gasteiger partial charge in [0.15, 0.2) is 0 Å². The van der Waals surface area contributed by atoms with Gasteiger partial charge in [-0.15, -0.1) is 41.1 Å². The van der Waals surface area contributed by atoms with Crippen molar-refractivity contribution in [1.29, 1.82) is 0 Å². The van der Waals surface area contributed by atoms with Gasteiger partial charge in [-0.3, -0.25) is 0 Å². The highest BCUT2D eigenvalue weighted by atomic mass is 14.0. The molecule has 3 aromatic rings. The van der Waals surface area contributed by atoms with Crippen molar-refractivity contribution in [3.05, 3.63) is 60.7 Å². The van der Waals surface area contributed by atoms with Crippen LogP contribution in [0.5, 0.6) is 0 Å². The van der Waals surface area contributed by atoms with Gasteiger partial charge in [-0.05, 0) is 5.39 Å². The molecule has 0 N–H and O–H groups in total. The fourth-order valence-corrected chi connectivity index (χ4v) is 1.81. The molecule has 0 aliphatic rings. The van der Waals surface area contributed by atoms with E-state index in [1.165, 1.54) is 21.5 Å². The zero-order chi connectivity index (χ0) is 9.38. The Morgan fingerprint density at radius 1 is 0.714 bits per heavy atom. The second-order valence-electron chi connectivity index (χ2n) is 3.46. The molecule has 14 heavy (non-hydrogen) atoms. The Morgan fingerprint density at radius 3 is 2.29 bits per heavy atom. The molecule has 3 rings (SSSR count). The van der Waals surface area contributed by atoms with Gasteiger partial charge >= 0.3 is 0 Å². The summed E-state index contributed by atoms with van der Waals surface area (Å²) < 4.78 is 0. The summed E-state index contributed by atoms with van der Waals surface area (Å²) in [5.41, 5.74) is 0. The molecule has 0 saturated carbocycles. The first kappa shape index (κ1) is 7.57. The number of hydrogen-bond acceptors (Lipinski definition) is 0. The quantitative estimate of drug-likeness (QED) is 0.362. The van der Waals surface area contributed by atoms with Crippen LogP contribution in [0.4, 0.5) is 0 Å². The maximum Gasteiger partial charge on any atom is -0.0363 e. The van der Waals surface area contributed by atoms with Crippen LogP contribution in [-0.4, -0.2) is 0 Å². The van der Waals surface area contributed by atoms with E-state index in [2.05, 4.69) is 48.5 Å². The zero-order valence-corrected chi connectivity index (χ0v) is 7.70. The second kappa shape index (κ2) is 2.85. The third kappa shape index (κ3) is 1.08. The molecule has 0 aliphatic heterocycles. The molecule has 0 atom stereocenters. The molecule has 0 radical (unpaired) electrons. The second-order valence-corrected chi connectivity index (χ2v) is 3.46. The lowest BCUT2D eigenvalue weighted by molar-refractivity contribution is 1.76. The van der Waals surface area contributed by atoms with Crippen molar-refractivity contribution < 1.29 is 0 Å². The van der Waals surface area contributed by atoms with Crippen molar-refractivity contribution in [3.63, 3.8) is 0 Å². The van der Waals surface area contributed by atoms with Crippen molar-refractivity contribution in [2.24, 2.45) is 0 Å². The predicted molar refractivity (Wildman–Crippen MR) is 60.3 cm³/mol. The van der Waals surface area contributed by atoms with Crippen LogP contribution in [0.3, 0.4) is 0 Å². The lowest BCUT2D eigenvalue weighted by Crippen LogP contribution is -1.74. The van der Waals surface area contributed by atoms with E-state index in [0.29, 0.717) is 0 Å². The first-order valence-corrected chi connectivity index (χ1v) is 4.73. The van der Waals surface area contributed by atoms with Gasteiger partial charge in [-0.1, -0.05) is 35.7 Å². The molecule has 3 aromatic carbocycles. The zero-order valence-electron chi connectivity index (χ0n) is 7.70. The lowest BCUT2D eigenvalue weighted by atomic mass is 10.0. The Balaban J connectivity index is 2.52. The van der Waals surface area contributed by atoms with Gasteiger partial charge in [-0.25, -0.2) is 0 Å². The average molecular weight is 177 g/mol. The van der Waals surface area contributed by atoms with E-state index in [4.69, 9.17) is 0 Å². The molecule has 66 valence electrons. The molecular formula is C14H9-. The standard InChI is InChI=1S/C14H9/c1-2-6-12-10-14-8-4-3-7-13(14)9-11(12)5-1/h1-7,9-10H/q-1. The highest BCUT2D eigenvalue weighted by molar-refractivity contribution is 5.97. The minimum Gasteiger partial charge on any atom is -0.147 e. The Hall–Kier alpha value is -1.82. The van der Waals surface area contributed by atoms with Gasteiger partial charge in [0.1, 0.15) is 0 Å². The fourth-order valence-electron chi connectivity index (χ4n) is 1.81. The number of fused-ring (bicyclic) bond motifs is 2. The van der Waals surface area contributed by atoms with Crippen molar-refractivity contribution in [2.45, 2.75) is 0 Å². The van der Waals surface area contributed by atoms with Crippen LogP contribution in [0.15, 0.2) is 54.6 Å². The minimum atomic E-state index is 1.19. The highest BCUT2D eigenvalue weighted by Crippen LogP contribution is 2.21. The van der Waals surface area contributed by atoms with Crippen LogP contribution < -0.4 is 0 Å².